The summed E-state index contributed by atoms with van der Waals surface area (Å²) >= 11 is 0. The first kappa shape index (κ1) is 26.3. The Balaban J connectivity index is 1.19. The molecule has 3 atom stereocenters. The molecule has 0 unspecified atom stereocenters. The van der Waals surface area contributed by atoms with E-state index in [1.54, 1.807) is 50.6 Å². The Hall–Kier alpha value is -5.38. The Labute approximate surface area is 251 Å². The van der Waals surface area contributed by atoms with Crippen LogP contribution in [0, 0.1) is 11.8 Å². The molecule has 10 nitrogen and oxygen atoms in total. The van der Waals surface area contributed by atoms with Gasteiger partial charge >= 0.3 is 5.97 Å². The van der Waals surface area contributed by atoms with Gasteiger partial charge in [0.2, 0.25) is 6.79 Å². The van der Waals surface area contributed by atoms with Gasteiger partial charge in [-0.1, -0.05) is 0 Å². The van der Waals surface area contributed by atoms with E-state index in [2.05, 4.69) is 5.32 Å². The maximum atomic E-state index is 13.1. The second kappa shape index (κ2) is 10.1. The molecule has 220 valence electrons. The van der Waals surface area contributed by atoms with Gasteiger partial charge in [-0.2, -0.15) is 0 Å². The Bertz CT molecular complexity index is 1990. The molecule has 1 fully saturated rings. The molecular formula is C34H27N3O7. The molecule has 4 aromatic carbocycles. The van der Waals surface area contributed by atoms with Crippen molar-refractivity contribution in [3.63, 3.8) is 0 Å². The van der Waals surface area contributed by atoms with Crippen LogP contribution in [-0.2, 0) is 16.0 Å². The summed E-state index contributed by atoms with van der Waals surface area (Å²) in [6.45, 7) is 0.567. The third-order valence-corrected chi connectivity index (χ3v) is 8.75. The van der Waals surface area contributed by atoms with Crippen molar-refractivity contribution in [1.29, 1.82) is 0 Å². The number of nitrogens with one attached hydrogen (secondary N) is 1. The van der Waals surface area contributed by atoms with Crippen LogP contribution in [-0.4, -0.2) is 49.5 Å². The lowest BCUT2D eigenvalue weighted by Gasteiger charge is -2.33. The molecule has 3 heterocycles. The molecule has 0 bridgehead atoms. The van der Waals surface area contributed by atoms with Crippen LogP contribution in [0.2, 0.25) is 0 Å². The van der Waals surface area contributed by atoms with Gasteiger partial charge in [0.25, 0.3) is 5.91 Å². The van der Waals surface area contributed by atoms with Gasteiger partial charge in [-0.15, -0.1) is 0 Å². The van der Waals surface area contributed by atoms with Crippen molar-refractivity contribution in [3.8, 4) is 23.0 Å². The van der Waals surface area contributed by atoms with Crippen molar-refractivity contribution in [3.05, 3.63) is 89.0 Å². The minimum absolute atomic E-state index is 0.0521. The van der Waals surface area contributed by atoms with E-state index in [0.29, 0.717) is 57.2 Å². The fourth-order valence-corrected chi connectivity index (χ4v) is 6.63. The van der Waals surface area contributed by atoms with E-state index in [1.807, 2.05) is 30.3 Å². The average molecular weight is 590 g/mol. The number of nitrogens with zero attached hydrogens (tertiary/aromatic N) is 2. The van der Waals surface area contributed by atoms with E-state index in [4.69, 9.17) is 33.7 Å². The molecule has 0 saturated carbocycles. The summed E-state index contributed by atoms with van der Waals surface area (Å²) in [4.78, 5) is 35.7. The maximum absolute atomic E-state index is 13.1. The molecular weight excluding hydrogens is 562 g/mol. The Morgan fingerprint density at radius 2 is 1.68 bits per heavy atom. The SMILES string of the molecule is COc1ccc(C(=O)Nc2ccc3nc4cc([C@@H]5c6cc7c(cc6C[C@H]6COC(=O)[C@@H]65)OCO7)cc(OC)c4nc3c2)cc1. The van der Waals surface area contributed by atoms with Crippen LogP contribution in [0.5, 0.6) is 23.0 Å². The lowest BCUT2D eigenvalue weighted by molar-refractivity contribution is -0.141. The topological polar surface area (TPSA) is 118 Å². The highest BCUT2D eigenvalue weighted by Crippen LogP contribution is 2.51. The van der Waals surface area contributed by atoms with E-state index in [1.165, 1.54) is 0 Å². The molecule has 1 saturated heterocycles. The zero-order valence-corrected chi connectivity index (χ0v) is 24.0. The molecule has 5 aromatic rings. The number of cyclic esters (lactones) is 1. The molecule has 3 aliphatic rings. The highest BCUT2D eigenvalue weighted by molar-refractivity contribution is 6.05. The molecule has 8 rings (SSSR count). The number of fused-ring (bicyclic) bond motifs is 5. The van der Waals surface area contributed by atoms with Gasteiger partial charge < -0.3 is 29.0 Å². The number of carbonyl (C=O) groups is 2. The lowest BCUT2D eigenvalue weighted by atomic mass is 9.67. The van der Waals surface area contributed by atoms with Crippen molar-refractivity contribution >= 4 is 39.6 Å². The summed E-state index contributed by atoms with van der Waals surface area (Å²) in [6, 6.07) is 20.2. The molecule has 10 heteroatoms. The standard InChI is InChI=1S/C34H27N3O7/c1-40-22-6-3-17(4-7-22)33(38)35-21-5-8-24-25(13-21)37-32-26(36-24)10-19(12-29(32)41-2)30-23-14-28-27(43-16-44-28)11-18(23)9-20-15-42-34(39)31(20)30/h3-8,10-14,20,30-31H,9,15-16H2,1-2H3,(H,35,38)/t20-,30+,31-/m0/s1. The van der Waals surface area contributed by atoms with Crippen LogP contribution < -0.4 is 24.3 Å². The molecule has 0 radical (unpaired) electrons. The maximum Gasteiger partial charge on any atom is 0.310 e. The number of methoxy groups -OCH3 is 2. The zero-order valence-electron chi connectivity index (χ0n) is 24.0. The summed E-state index contributed by atoms with van der Waals surface area (Å²) in [6.07, 6.45) is 0.728. The number of hydrogen-bond donors (Lipinski definition) is 1. The average Bonchev–Trinajstić information content (AvgIpc) is 3.66. The van der Waals surface area contributed by atoms with Crippen LogP contribution in [0.4, 0.5) is 5.69 Å². The van der Waals surface area contributed by atoms with E-state index in [-0.39, 0.29) is 36.4 Å². The van der Waals surface area contributed by atoms with E-state index in [0.717, 1.165) is 28.9 Å². The van der Waals surface area contributed by atoms with Crippen LogP contribution >= 0.6 is 0 Å². The summed E-state index contributed by atoms with van der Waals surface area (Å²) in [5, 5.41) is 2.93. The molecule has 44 heavy (non-hydrogen) atoms. The number of anilines is 1. The first-order valence-corrected chi connectivity index (χ1v) is 14.3. The van der Waals surface area contributed by atoms with Gasteiger partial charge in [0.15, 0.2) is 11.5 Å². The molecule has 1 aromatic heterocycles. The Morgan fingerprint density at radius 3 is 2.48 bits per heavy atom. The van der Waals surface area contributed by atoms with Crippen molar-refractivity contribution in [1.82, 2.24) is 9.97 Å². The molecule has 1 N–H and O–H groups in total. The van der Waals surface area contributed by atoms with Crippen molar-refractivity contribution < 1.29 is 33.3 Å². The largest absolute Gasteiger partial charge is 0.497 e. The molecule has 1 aliphatic carbocycles. The van der Waals surface area contributed by atoms with E-state index >= 15 is 0 Å². The highest BCUT2D eigenvalue weighted by Gasteiger charge is 2.48. The third kappa shape index (κ3) is 4.24. The number of hydrogen-bond acceptors (Lipinski definition) is 9. The summed E-state index contributed by atoms with van der Waals surface area (Å²) in [5.41, 5.74) is 6.59. The van der Waals surface area contributed by atoms with Crippen LogP contribution in [0.3, 0.4) is 0 Å². The number of carbonyl (C=O) groups excluding carboxylic acids is 2. The predicted molar refractivity (Wildman–Crippen MR) is 161 cm³/mol. The molecule has 0 spiro atoms. The van der Waals surface area contributed by atoms with Gasteiger partial charge in [-0.05, 0) is 89.8 Å². The van der Waals surface area contributed by atoms with E-state index < -0.39 is 0 Å². The van der Waals surface area contributed by atoms with Crippen LogP contribution in [0.25, 0.3) is 22.1 Å². The van der Waals surface area contributed by atoms with Crippen molar-refractivity contribution in [2.75, 3.05) is 32.9 Å². The second-order valence-corrected chi connectivity index (χ2v) is 11.2. The van der Waals surface area contributed by atoms with Crippen LogP contribution in [0.1, 0.15) is 33.0 Å². The van der Waals surface area contributed by atoms with Gasteiger partial charge in [-0.25, -0.2) is 9.97 Å². The number of amides is 1. The van der Waals surface area contributed by atoms with E-state index in [9.17, 15) is 9.59 Å². The third-order valence-electron chi connectivity index (χ3n) is 8.75. The number of ether oxygens (including phenoxy) is 5. The first-order chi connectivity index (χ1) is 21.5. The van der Waals surface area contributed by atoms with Crippen LogP contribution in [0.15, 0.2) is 66.7 Å². The second-order valence-electron chi connectivity index (χ2n) is 11.2. The fraction of sp³-hybridized carbons (Fsp3) is 0.235. The quantitative estimate of drug-likeness (QED) is 0.216. The van der Waals surface area contributed by atoms with Crippen molar-refractivity contribution in [2.24, 2.45) is 11.8 Å². The van der Waals surface area contributed by atoms with Gasteiger partial charge in [0, 0.05) is 23.1 Å². The number of aromatic nitrogens is 2. The minimum atomic E-state index is -0.338. The zero-order chi connectivity index (χ0) is 29.9. The van der Waals surface area contributed by atoms with Gasteiger partial charge in [0.05, 0.1) is 43.3 Å². The van der Waals surface area contributed by atoms with Crippen molar-refractivity contribution in [2.45, 2.75) is 12.3 Å². The normalized spacial score (nSPS) is 19.8. The molecule has 1 amide bonds. The minimum Gasteiger partial charge on any atom is -0.497 e. The fourth-order valence-electron chi connectivity index (χ4n) is 6.63. The Kier molecular flexibility index (Phi) is 6.04. The Morgan fingerprint density at radius 1 is 0.864 bits per heavy atom. The first-order valence-electron chi connectivity index (χ1n) is 14.3. The highest BCUT2D eigenvalue weighted by atomic mass is 16.7. The summed E-state index contributed by atoms with van der Waals surface area (Å²) in [7, 11) is 3.17. The molecule has 2 aliphatic heterocycles. The number of rotatable bonds is 5. The lowest BCUT2D eigenvalue weighted by Crippen LogP contribution is -2.31. The number of esters is 1. The summed E-state index contributed by atoms with van der Waals surface area (Å²) < 4.78 is 27.9. The smallest absolute Gasteiger partial charge is 0.310 e. The predicted octanol–water partition coefficient (Wildman–Crippen LogP) is 5.26. The summed E-state index contributed by atoms with van der Waals surface area (Å²) in [5.74, 6) is 1.60. The number of benzene rings is 4. The monoisotopic (exact) mass is 589 g/mol. The van der Waals surface area contributed by atoms with Gasteiger partial charge in [-0.3, -0.25) is 9.59 Å². The van der Waals surface area contributed by atoms with Gasteiger partial charge in [0.1, 0.15) is 17.0 Å².